The van der Waals surface area contributed by atoms with E-state index in [0.717, 1.165) is 30.4 Å². The zero-order valence-corrected chi connectivity index (χ0v) is 7.77. The van der Waals surface area contributed by atoms with Gasteiger partial charge in [0.2, 0.25) is 0 Å². The van der Waals surface area contributed by atoms with Crippen molar-refractivity contribution in [2.75, 3.05) is 0 Å². The number of nitrogens with two attached hydrogens (primary N) is 1. The Hall–Kier alpha value is -1.42. The third-order valence-electron chi connectivity index (χ3n) is 2.69. The van der Waals surface area contributed by atoms with Crippen LogP contribution in [0.1, 0.15) is 17.5 Å². The van der Waals surface area contributed by atoms with Gasteiger partial charge >= 0.3 is 0 Å². The van der Waals surface area contributed by atoms with E-state index in [2.05, 4.69) is 0 Å². The van der Waals surface area contributed by atoms with Gasteiger partial charge in [0.15, 0.2) is 0 Å². The molecule has 2 rings (SSSR count). The summed E-state index contributed by atoms with van der Waals surface area (Å²) in [5, 5.41) is 10.7. The minimum Gasteiger partial charge on any atom is -0.327 e. The first-order valence-corrected chi connectivity index (χ1v) is 4.69. The van der Waals surface area contributed by atoms with Crippen molar-refractivity contribution in [3.05, 3.63) is 39.4 Å². The molecule has 14 heavy (non-hydrogen) atoms. The Morgan fingerprint density at radius 3 is 3.00 bits per heavy atom. The summed E-state index contributed by atoms with van der Waals surface area (Å²) in [6.07, 6.45) is 2.34. The maximum atomic E-state index is 10.7. The molecule has 0 radical (unpaired) electrons. The van der Waals surface area contributed by atoms with E-state index in [1.54, 1.807) is 12.1 Å². The van der Waals surface area contributed by atoms with E-state index in [0.29, 0.717) is 0 Å². The second kappa shape index (κ2) is 3.38. The summed E-state index contributed by atoms with van der Waals surface area (Å²) in [6, 6.07) is 5.39. The Kier molecular flexibility index (Phi) is 2.21. The lowest BCUT2D eigenvalue weighted by atomic mass is 9.88. The first-order chi connectivity index (χ1) is 6.68. The summed E-state index contributed by atoms with van der Waals surface area (Å²) < 4.78 is 0. The standard InChI is InChI=1S/C10H12N2O2/c11-8-4-5-9-7(6-8)2-1-3-10(9)12(13)14/h1-3,8H,4-6,11H2/t8-/m0/s1. The lowest BCUT2D eigenvalue weighted by Crippen LogP contribution is -2.28. The molecule has 0 saturated carbocycles. The molecular formula is C10H12N2O2. The van der Waals surface area contributed by atoms with Gasteiger partial charge in [-0.1, -0.05) is 12.1 Å². The first-order valence-electron chi connectivity index (χ1n) is 4.69. The van der Waals surface area contributed by atoms with Gasteiger partial charge in [-0.25, -0.2) is 0 Å². The van der Waals surface area contributed by atoms with Crippen LogP contribution >= 0.6 is 0 Å². The van der Waals surface area contributed by atoms with Crippen molar-refractivity contribution in [3.63, 3.8) is 0 Å². The average Bonchev–Trinajstić information content (AvgIpc) is 2.16. The molecule has 1 aromatic carbocycles. The zero-order valence-electron chi connectivity index (χ0n) is 7.77. The molecule has 1 atom stereocenters. The highest BCUT2D eigenvalue weighted by Crippen LogP contribution is 2.28. The number of fused-ring (bicyclic) bond motifs is 1. The quantitative estimate of drug-likeness (QED) is 0.540. The molecule has 4 heteroatoms. The van der Waals surface area contributed by atoms with Crippen LogP contribution in [-0.4, -0.2) is 11.0 Å². The SMILES string of the molecule is N[C@H]1CCc2c(cccc2[N+](=O)[O-])C1. The van der Waals surface area contributed by atoms with Crippen molar-refractivity contribution in [1.82, 2.24) is 0 Å². The summed E-state index contributed by atoms with van der Waals surface area (Å²) in [5.74, 6) is 0. The fourth-order valence-electron chi connectivity index (χ4n) is 1.99. The fraction of sp³-hybridized carbons (Fsp3) is 0.400. The van der Waals surface area contributed by atoms with Gasteiger partial charge in [-0.05, 0) is 24.8 Å². The molecule has 0 heterocycles. The third-order valence-corrected chi connectivity index (χ3v) is 2.69. The van der Waals surface area contributed by atoms with Gasteiger partial charge in [0.05, 0.1) is 4.92 Å². The van der Waals surface area contributed by atoms with Crippen LogP contribution in [0.2, 0.25) is 0 Å². The van der Waals surface area contributed by atoms with Gasteiger partial charge < -0.3 is 5.73 Å². The van der Waals surface area contributed by atoms with E-state index in [9.17, 15) is 10.1 Å². The number of benzene rings is 1. The van der Waals surface area contributed by atoms with Gasteiger partial charge in [-0.2, -0.15) is 0 Å². The minimum absolute atomic E-state index is 0.157. The first kappa shape index (κ1) is 9.15. The molecule has 1 aliphatic rings. The predicted octanol–water partition coefficient (Wildman–Crippen LogP) is 1.41. The summed E-state index contributed by atoms with van der Waals surface area (Å²) in [7, 11) is 0. The van der Waals surface area contributed by atoms with Crippen LogP contribution in [0.4, 0.5) is 5.69 Å². The number of nitro groups is 1. The molecular weight excluding hydrogens is 180 g/mol. The predicted molar refractivity (Wildman–Crippen MR) is 53.1 cm³/mol. The van der Waals surface area contributed by atoms with E-state index < -0.39 is 0 Å². The molecule has 0 bridgehead atoms. The van der Waals surface area contributed by atoms with E-state index in [-0.39, 0.29) is 16.7 Å². The number of hydrogen-bond donors (Lipinski definition) is 1. The molecule has 0 fully saturated rings. The number of nitro benzene ring substituents is 1. The van der Waals surface area contributed by atoms with Gasteiger partial charge in [0.1, 0.15) is 0 Å². The zero-order chi connectivity index (χ0) is 10.1. The number of hydrogen-bond acceptors (Lipinski definition) is 3. The van der Waals surface area contributed by atoms with Crippen LogP contribution in [-0.2, 0) is 12.8 Å². The normalized spacial score (nSPS) is 20.2. The second-order valence-corrected chi connectivity index (χ2v) is 3.67. The Morgan fingerprint density at radius 1 is 1.50 bits per heavy atom. The molecule has 0 spiro atoms. The van der Waals surface area contributed by atoms with E-state index in [4.69, 9.17) is 5.73 Å². The van der Waals surface area contributed by atoms with E-state index >= 15 is 0 Å². The lowest BCUT2D eigenvalue weighted by molar-refractivity contribution is -0.385. The molecule has 74 valence electrons. The summed E-state index contributed by atoms with van der Waals surface area (Å²) in [5.41, 5.74) is 7.96. The van der Waals surface area contributed by atoms with Crippen LogP contribution in [0.15, 0.2) is 18.2 Å². The van der Waals surface area contributed by atoms with Gasteiger partial charge in [-0.3, -0.25) is 10.1 Å². The van der Waals surface area contributed by atoms with Crippen LogP contribution < -0.4 is 5.73 Å². The topological polar surface area (TPSA) is 69.2 Å². The Balaban J connectivity index is 2.46. The van der Waals surface area contributed by atoms with Crippen molar-refractivity contribution in [3.8, 4) is 0 Å². The molecule has 1 aliphatic carbocycles. The highest BCUT2D eigenvalue weighted by molar-refractivity contribution is 5.47. The fourth-order valence-corrected chi connectivity index (χ4v) is 1.99. The van der Waals surface area contributed by atoms with Gasteiger partial charge in [-0.15, -0.1) is 0 Å². The van der Waals surface area contributed by atoms with Crippen molar-refractivity contribution in [2.45, 2.75) is 25.3 Å². The van der Waals surface area contributed by atoms with Gasteiger partial charge in [0, 0.05) is 17.7 Å². The minimum atomic E-state index is -0.310. The number of rotatable bonds is 1. The third kappa shape index (κ3) is 1.48. The highest BCUT2D eigenvalue weighted by Gasteiger charge is 2.22. The molecule has 4 nitrogen and oxygen atoms in total. The van der Waals surface area contributed by atoms with E-state index in [1.807, 2.05) is 6.07 Å². The summed E-state index contributed by atoms with van der Waals surface area (Å²) >= 11 is 0. The largest absolute Gasteiger partial charge is 0.327 e. The van der Waals surface area contributed by atoms with Crippen LogP contribution in [0.5, 0.6) is 0 Å². The lowest BCUT2D eigenvalue weighted by Gasteiger charge is -2.20. The van der Waals surface area contributed by atoms with E-state index in [1.165, 1.54) is 0 Å². The second-order valence-electron chi connectivity index (χ2n) is 3.67. The molecule has 1 aromatic rings. The Bertz CT molecular complexity index is 376. The average molecular weight is 192 g/mol. The molecule has 0 unspecified atom stereocenters. The maximum Gasteiger partial charge on any atom is 0.272 e. The van der Waals surface area contributed by atoms with Crippen molar-refractivity contribution >= 4 is 5.69 Å². The van der Waals surface area contributed by atoms with Crippen molar-refractivity contribution in [2.24, 2.45) is 5.73 Å². The highest BCUT2D eigenvalue weighted by atomic mass is 16.6. The van der Waals surface area contributed by atoms with Crippen molar-refractivity contribution in [1.29, 1.82) is 0 Å². The van der Waals surface area contributed by atoms with Crippen LogP contribution in [0.25, 0.3) is 0 Å². The van der Waals surface area contributed by atoms with Crippen LogP contribution in [0, 0.1) is 10.1 Å². The molecule has 0 saturated heterocycles. The summed E-state index contributed by atoms with van der Waals surface area (Å²) in [6.45, 7) is 0. The molecule has 0 amide bonds. The smallest absolute Gasteiger partial charge is 0.272 e. The monoisotopic (exact) mass is 192 g/mol. The van der Waals surface area contributed by atoms with Crippen molar-refractivity contribution < 1.29 is 4.92 Å². The number of nitrogens with zero attached hydrogens (tertiary/aromatic N) is 1. The maximum absolute atomic E-state index is 10.7. The molecule has 0 aromatic heterocycles. The molecule has 0 aliphatic heterocycles. The van der Waals surface area contributed by atoms with Gasteiger partial charge in [0.25, 0.3) is 5.69 Å². The Labute approximate surface area is 81.9 Å². The van der Waals surface area contributed by atoms with Crippen LogP contribution in [0.3, 0.4) is 0 Å². The Morgan fingerprint density at radius 2 is 2.29 bits per heavy atom. The molecule has 2 N–H and O–H groups in total. The summed E-state index contributed by atoms with van der Waals surface area (Å²) in [4.78, 5) is 10.4.